The van der Waals surface area contributed by atoms with E-state index in [4.69, 9.17) is 12.2 Å². The Morgan fingerprint density at radius 2 is 2.27 bits per heavy atom. The molecule has 3 heteroatoms. The molecule has 60 valence electrons. The van der Waals surface area contributed by atoms with Gasteiger partial charge < -0.3 is 4.98 Å². The Morgan fingerprint density at radius 3 is 2.82 bits per heavy atom. The number of aryl methyl sites for hydroxylation is 2. The summed E-state index contributed by atoms with van der Waals surface area (Å²) in [4.78, 5) is 3.16. The maximum absolute atomic E-state index is 5.06. The highest BCUT2D eigenvalue weighted by Crippen LogP contribution is 2.15. The van der Waals surface area contributed by atoms with E-state index in [9.17, 15) is 0 Å². The molecule has 11 heavy (non-hydrogen) atoms. The normalized spacial score (nSPS) is 10.1. The predicted molar refractivity (Wildman–Crippen MR) is 53.4 cm³/mol. The largest absolute Gasteiger partial charge is 0.349 e. The van der Waals surface area contributed by atoms with Crippen molar-refractivity contribution in [3.63, 3.8) is 0 Å². The molecule has 0 saturated carbocycles. The van der Waals surface area contributed by atoms with E-state index in [0.717, 1.165) is 15.5 Å². The Labute approximate surface area is 80.0 Å². The van der Waals surface area contributed by atoms with Crippen molar-refractivity contribution in [2.24, 2.45) is 0 Å². The van der Waals surface area contributed by atoms with Crippen LogP contribution in [0.4, 0.5) is 0 Å². The molecule has 1 aromatic heterocycles. The van der Waals surface area contributed by atoms with Gasteiger partial charge in [0.15, 0.2) is 0 Å². The van der Waals surface area contributed by atoms with Gasteiger partial charge in [0.2, 0.25) is 0 Å². The molecule has 0 atom stereocenters. The van der Waals surface area contributed by atoms with Crippen LogP contribution in [0, 0.1) is 11.6 Å². The summed E-state index contributed by atoms with van der Waals surface area (Å²) in [5.41, 5.74) is 2.48. The lowest BCUT2D eigenvalue weighted by Gasteiger charge is -2.02. The second-order valence-electron chi connectivity index (χ2n) is 2.46. The topological polar surface area (TPSA) is 15.8 Å². The van der Waals surface area contributed by atoms with Gasteiger partial charge in [-0.3, -0.25) is 0 Å². The highest BCUT2D eigenvalue weighted by molar-refractivity contribution is 9.10. The Hall–Kier alpha value is -0.150. The van der Waals surface area contributed by atoms with E-state index in [-0.39, 0.29) is 0 Å². The zero-order valence-corrected chi connectivity index (χ0v) is 8.97. The summed E-state index contributed by atoms with van der Waals surface area (Å²) in [7, 11) is 0. The van der Waals surface area contributed by atoms with Crippen LogP contribution in [0.3, 0.4) is 0 Å². The van der Waals surface area contributed by atoms with Crippen molar-refractivity contribution in [2.45, 2.75) is 20.3 Å². The fraction of sp³-hybridized carbons (Fsp3) is 0.375. The summed E-state index contributed by atoms with van der Waals surface area (Å²) in [5.74, 6) is 0. The summed E-state index contributed by atoms with van der Waals surface area (Å²) in [6.45, 7) is 4.19. The van der Waals surface area contributed by atoms with Crippen LogP contribution in [0.25, 0.3) is 0 Å². The quantitative estimate of drug-likeness (QED) is 0.734. The van der Waals surface area contributed by atoms with E-state index in [1.807, 2.05) is 0 Å². The first-order chi connectivity index (χ1) is 5.15. The molecule has 0 spiro atoms. The Morgan fingerprint density at radius 1 is 1.64 bits per heavy atom. The molecular formula is C8H10BrNS. The van der Waals surface area contributed by atoms with Gasteiger partial charge >= 0.3 is 0 Å². The molecule has 1 rings (SSSR count). The van der Waals surface area contributed by atoms with Gasteiger partial charge in [-0.25, -0.2) is 0 Å². The van der Waals surface area contributed by atoms with Gasteiger partial charge in [0.1, 0.15) is 4.64 Å². The lowest BCUT2D eigenvalue weighted by Crippen LogP contribution is -1.92. The minimum Gasteiger partial charge on any atom is -0.349 e. The van der Waals surface area contributed by atoms with Crippen molar-refractivity contribution in [1.29, 1.82) is 0 Å². The van der Waals surface area contributed by atoms with Crippen LogP contribution in [0.2, 0.25) is 0 Å². The molecule has 1 nitrogen and oxygen atoms in total. The summed E-state index contributed by atoms with van der Waals surface area (Å²) in [6, 6.07) is 2.05. The van der Waals surface area contributed by atoms with Crippen LogP contribution in [0.5, 0.6) is 0 Å². The fourth-order valence-corrected chi connectivity index (χ4v) is 1.63. The Kier molecular flexibility index (Phi) is 2.84. The van der Waals surface area contributed by atoms with E-state index >= 15 is 0 Å². The van der Waals surface area contributed by atoms with Crippen LogP contribution in [0.1, 0.15) is 18.2 Å². The van der Waals surface area contributed by atoms with Crippen molar-refractivity contribution in [3.8, 4) is 0 Å². The first-order valence-electron chi connectivity index (χ1n) is 3.53. The standard InChI is InChI=1S/C8H10BrNS/c1-3-7-5(2)4-6(9)8(11)10-7/h4H,3H2,1-2H3,(H,10,11). The maximum atomic E-state index is 5.06. The first kappa shape index (κ1) is 8.94. The molecule has 1 heterocycles. The Balaban J connectivity index is 3.32. The van der Waals surface area contributed by atoms with Gasteiger partial charge in [-0.15, -0.1) is 0 Å². The summed E-state index contributed by atoms with van der Waals surface area (Å²) in [6.07, 6.45) is 1.00. The summed E-state index contributed by atoms with van der Waals surface area (Å²) >= 11 is 8.44. The van der Waals surface area contributed by atoms with Gasteiger partial charge in [-0.05, 0) is 40.9 Å². The molecule has 0 saturated heterocycles. The van der Waals surface area contributed by atoms with Gasteiger partial charge in [-0.2, -0.15) is 0 Å². The van der Waals surface area contributed by atoms with Gasteiger partial charge in [0.25, 0.3) is 0 Å². The zero-order valence-electron chi connectivity index (χ0n) is 6.57. The van der Waals surface area contributed by atoms with E-state index in [1.165, 1.54) is 11.3 Å². The molecule has 0 amide bonds. The van der Waals surface area contributed by atoms with Gasteiger partial charge in [0.05, 0.1) is 4.47 Å². The Bertz CT molecular complexity index is 316. The number of hydrogen-bond acceptors (Lipinski definition) is 1. The van der Waals surface area contributed by atoms with Gasteiger partial charge in [-0.1, -0.05) is 19.1 Å². The minimum absolute atomic E-state index is 0.785. The zero-order chi connectivity index (χ0) is 8.43. The van der Waals surface area contributed by atoms with Crippen molar-refractivity contribution in [3.05, 3.63) is 26.4 Å². The molecule has 0 bridgehead atoms. The molecule has 0 unspecified atom stereocenters. The van der Waals surface area contributed by atoms with Crippen LogP contribution in [-0.4, -0.2) is 4.98 Å². The molecule has 0 aliphatic heterocycles. The number of halogens is 1. The van der Waals surface area contributed by atoms with Crippen molar-refractivity contribution < 1.29 is 0 Å². The molecule has 0 fully saturated rings. The molecule has 0 aliphatic rings. The van der Waals surface area contributed by atoms with Crippen LogP contribution < -0.4 is 0 Å². The van der Waals surface area contributed by atoms with Crippen LogP contribution in [0.15, 0.2) is 10.5 Å². The maximum Gasteiger partial charge on any atom is 0.117 e. The summed E-state index contributed by atoms with van der Waals surface area (Å²) in [5, 5.41) is 0. The van der Waals surface area contributed by atoms with Crippen LogP contribution >= 0.6 is 28.1 Å². The number of hydrogen-bond donors (Lipinski definition) is 1. The fourth-order valence-electron chi connectivity index (χ4n) is 1.01. The highest BCUT2D eigenvalue weighted by Gasteiger charge is 1.97. The van der Waals surface area contributed by atoms with Gasteiger partial charge in [0, 0.05) is 5.69 Å². The van der Waals surface area contributed by atoms with Crippen molar-refractivity contribution in [1.82, 2.24) is 4.98 Å². The minimum atomic E-state index is 0.785. The molecule has 1 N–H and O–H groups in total. The third-order valence-corrected chi connectivity index (χ3v) is 2.86. The number of aromatic amines is 1. The second kappa shape index (κ2) is 3.50. The number of nitrogens with one attached hydrogen (secondary N) is 1. The van der Waals surface area contributed by atoms with E-state index in [0.29, 0.717) is 0 Å². The lowest BCUT2D eigenvalue weighted by molar-refractivity contribution is 0.996. The third kappa shape index (κ3) is 1.91. The van der Waals surface area contributed by atoms with Crippen LogP contribution in [-0.2, 0) is 6.42 Å². The average molecular weight is 232 g/mol. The van der Waals surface area contributed by atoms with Crippen molar-refractivity contribution in [2.75, 3.05) is 0 Å². The third-order valence-electron chi connectivity index (χ3n) is 1.65. The number of aromatic nitrogens is 1. The summed E-state index contributed by atoms with van der Waals surface area (Å²) < 4.78 is 1.76. The highest BCUT2D eigenvalue weighted by atomic mass is 79.9. The molecule has 1 aromatic rings. The first-order valence-corrected chi connectivity index (χ1v) is 4.73. The average Bonchev–Trinajstić information content (AvgIpc) is 1.97. The SMILES string of the molecule is CCc1[nH]c(=S)c(Br)cc1C. The molecular weight excluding hydrogens is 222 g/mol. The van der Waals surface area contributed by atoms with E-state index in [1.54, 1.807) is 0 Å². The second-order valence-corrected chi connectivity index (χ2v) is 3.72. The number of rotatable bonds is 1. The molecule has 0 aromatic carbocycles. The number of H-pyrrole nitrogens is 1. The lowest BCUT2D eigenvalue weighted by atomic mass is 10.2. The molecule has 0 radical (unpaired) electrons. The smallest absolute Gasteiger partial charge is 0.117 e. The molecule has 0 aliphatic carbocycles. The number of pyridine rings is 1. The van der Waals surface area contributed by atoms with E-state index < -0.39 is 0 Å². The van der Waals surface area contributed by atoms with E-state index in [2.05, 4.69) is 40.8 Å². The van der Waals surface area contributed by atoms with Crippen molar-refractivity contribution >= 4 is 28.1 Å². The monoisotopic (exact) mass is 231 g/mol. The predicted octanol–water partition coefficient (Wildman–Crippen LogP) is 3.38.